The van der Waals surface area contributed by atoms with Gasteiger partial charge in [0, 0.05) is 34.8 Å². The highest BCUT2D eigenvalue weighted by Gasteiger charge is 2.26. The normalized spacial score (nSPS) is 19.0. The largest absolute Gasteiger partial charge is 0.399 e. The van der Waals surface area contributed by atoms with Crippen LogP contribution in [-0.4, -0.2) is 34.4 Å². The first kappa shape index (κ1) is 14.3. The topological polar surface area (TPSA) is 46.3 Å². The molecule has 2 N–H and O–H groups in total. The Morgan fingerprint density at radius 2 is 2.11 bits per heavy atom. The Labute approximate surface area is 119 Å². The second kappa shape index (κ2) is 5.45. The molecule has 3 nitrogen and oxygen atoms in total. The molecule has 0 aliphatic carbocycles. The Morgan fingerprint density at radius 1 is 1.37 bits per heavy atom. The van der Waals surface area contributed by atoms with Crippen molar-refractivity contribution >= 4 is 23.4 Å². The van der Waals surface area contributed by atoms with Gasteiger partial charge in [-0.2, -0.15) is 11.8 Å². The lowest BCUT2D eigenvalue weighted by atomic mass is 10.1. The highest BCUT2D eigenvalue weighted by atomic mass is 32.2. The molecular weight excluding hydrogens is 256 g/mol. The molecule has 1 aromatic rings. The van der Waals surface area contributed by atoms with Crippen molar-refractivity contribution < 1.29 is 4.79 Å². The van der Waals surface area contributed by atoms with Crippen LogP contribution in [0.3, 0.4) is 0 Å². The van der Waals surface area contributed by atoms with Crippen molar-refractivity contribution in [3.8, 4) is 0 Å². The first-order valence-electron chi connectivity index (χ1n) is 6.68. The van der Waals surface area contributed by atoms with E-state index in [0.717, 1.165) is 36.4 Å². The maximum Gasteiger partial charge on any atom is 0.254 e. The maximum atomic E-state index is 12.6. The Bertz CT molecular complexity index is 485. The van der Waals surface area contributed by atoms with Crippen molar-refractivity contribution in [2.45, 2.75) is 31.9 Å². The van der Waals surface area contributed by atoms with Crippen molar-refractivity contribution in [1.82, 2.24) is 4.90 Å². The molecule has 1 aromatic carbocycles. The van der Waals surface area contributed by atoms with Crippen LogP contribution in [0.5, 0.6) is 0 Å². The van der Waals surface area contributed by atoms with Gasteiger partial charge in [0.1, 0.15) is 0 Å². The molecule has 0 spiro atoms. The second-order valence-corrected chi connectivity index (χ2v) is 7.53. The predicted octanol–water partition coefficient (Wildman–Crippen LogP) is 2.93. The Morgan fingerprint density at radius 3 is 2.79 bits per heavy atom. The summed E-state index contributed by atoms with van der Waals surface area (Å²) in [4.78, 5) is 14.5. The average Bonchev–Trinajstić information content (AvgIpc) is 2.49. The van der Waals surface area contributed by atoms with Gasteiger partial charge in [0.25, 0.3) is 5.91 Å². The van der Waals surface area contributed by atoms with E-state index in [9.17, 15) is 4.79 Å². The van der Waals surface area contributed by atoms with Crippen molar-refractivity contribution in [2.75, 3.05) is 24.6 Å². The van der Waals surface area contributed by atoms with Gasteiger partial charge in [-0.3, -0.25) is 4.79 Å². The quantitative estimate of drug-likeness (QED) is 0.803. The van der Waals surface area contributed by atoms with Crippen molar-refractivity contribution in [3.63, 3.8) is 0 Å². The van der Waals surface area contributed by atoms with Crippen LogP contribution in [0, 0.1) is 6.92 Å². The molecule has 19 heavy (non-hydrogen) atoms. The third-order valence-electron chi connectivity index (χ3n) is 3.61. The molecule has 0 bridgehead atoms. The van der Waals surface area contributed by atoms with E-state index in [1.54, 1.807) is 6.07 Å². The molecule has 104 valence electrons. The SMILES string of the molecule is Cc1cc(N)ccc1C(=O)N1CCSC(C)(C)CC1. The zero-order valence-electron chi connectivity index (χ0n) is 11.9. The van der Waals surface area contributed by atoms with Crippen LogP contribution in [0.25, 0.3) is 0 Å². The molecule has 0 atom stereocenters. The number of rotatable bonds is 1. The van der Waals surface area contributed by atoms with Crippen molar-refractivity contribution in [3.05, 3.63) is 29.3 Å². The van der Waals surface area contributed by atoms with Crippen LogP contribution in [0.1, 0.15) is 36.2 Å². The van der Waals surface area contributed by atoms with E-state index < -0.39 is 0 Å². The molecule has 1 amide bonds. The van der Waals surface area contributed by atoms with Gasteiger partial charge in [-0.15, -0.1) is 0 Å². The van der Waals surface area contributed by atoms with E-state index in [2.05, 4.69) is 13.8 Å². The predicted molar refractivity (Wildman–Crippen MR) is 82.6 cm³/mol. The fourth-order valence-corrected chi connectivity index (χ4v) is 3.42. The zero-order valence-corrected chi connectivity index (χ0v) is 12.7. The smallest absolute Gasteiger partial charge is 0.254 e. The molecule has 1 aliphatic heterocycles. The molecule has 1 fully saturated rings. The van der Waals surface area contributed by atoms with Crippen LogP contribution < -0.4 is 5.73 Å². The average molecular weight is 278 g/mol. The van der Waals surface area contributed by atoms with Gasteiger partial charge in [0.05, 0.1) is 0 Å². The lowest BCUT2D eigenvalue weighted by Crippen LogP contribution is -2.34. The Hall–Kier alpha value is -1.16. The minimum Gasteiger partial charge on any atom is -0.399 e. The number of hydrogen-bond acceptors (Lipinski definition) is 3. The first-order chi connectivity index (χ1) is 8.89. The summed E-state index contributed by atoms with van der Waals surface area (Å²) < 4.78 is 0.269. The number of benzene rings is 1. The number of hydrogen-bond donors (Lipinski definition) is 1. The van der Waals surface area contributed by atoms with E-state index >= 15 is 0 Å². The number of amides is 1. The summed E-state index contributed by atoms with van der Waals surface area (Å²) >= 11 is 1.95. The molecule has 0 saturated carbocycles. The molecule has 1 aliphatic rings. The van der Waals surface area contributed by atoms with Gasteiger partial charge in [-0.25, -0.2) is 0 Å². The van der Waals surface area contributed by atoms with Crippen LogP contribution in [0.4, 0.5) is 5.69 Å². The summed E-state index contributed by atoms with van der Waals surface area (Å²) in [5.41, 5.74) is 8.18. The van der Waals surface area contributed by atoms with Crippen LogP contribution >= 0.6 is 11.8 Å². The molecule has 4 heteroatoms. The van der Waals surface area contributed by atoms with Gasteiger partial charge in [0.15, 0.2) is 0 Å². The van der Waals surface area contributed by atoms with Gasteiger partial charge < -0.3 is 10.6 Å². The van der Waals surface area contributed by atoms with E-state index in [1.165, 1.54) is 0 Å². The minimum absolute atomic E-state index is 0.135. The van der Waals surface area contributed by atoms with Crippen molar-refractivity contribution in [1.29, 1.82) is 0 Å². The number of anilines is 1. The first-order valence-corrected chi connectivity index (χ1v) is 7.67. The third kappa shape index (κ3) is 3.44. The zero-order chi connectivity index (χ0) is 14.0. The number of carbonyl (C=O) groups excluding carboxylic acids is 1. The fourth-order valence-electron chi connectivity index (χ4n) is 2.32. The summed E-state index contributed by atoms with van der Waals surface area (Å²) in [5, 5.41) is 0. The van der Waals surface area contributed by atoms with Crippen LogP contribution in [0.15, 0.2) is 18.2 Å². The summed E-state index contributed by atoms with van der Waals surface area (Å²) in [6, 6.07) is 5.51. The number of nitrogens with zero attached hydrogens (tertiary/aromatic N) is 1. The number of aryl methyl sites for hydroxylation is 1. The molecule has 0 unspecified atom stereocenters. The summed E-state index contributed by atoms with van der Waals surface area (Å²) in [6.07, 6.45) is 1.04. The summed E-state index contributed by atoms with van der Waals surface area (Å²) in [5.74, 6) is 1.14. The number of thioether (sulfide) groups is 1. The number of nitrogen functional groups attached to an aromatic ring is 1. The van der Waals surface area contributed by atoms with Gasteiger partial charge in [-0.1, -0.05) is 13.8 Å². The standard InChI is InChI=1S/C15H22N2OS/c1-11-10-12(16)4-5-13(11)14(18)17-7-6-15(2,3)19-9-8-17/h4-5,10H,6-9,16H2,1-3H3. The van der Waals surface area contributed by atoms with E-state index in [0.29, 0.717) is 5.69 Å². The molecule has 1 heterocycles. The Balaban J connectivity index is 2.15. The van der Waals surface area contributed by atoms with Crippen LogP contribution in [0.2, 0.25) is 0 Å². The Kier molecular flexibility index (Phi) is 4.09. The molecule has 1 saturated heterocycles. The van der Waals surface area contributed by atoms with E-state index in [-0.39, 0.29) is 10.7 Å². The molecule has 2 rings (SSSR count). The third-order valence-corrected chi connectivity index (χ3v) is 4.98. The van der Waals surface area contributed by atoms with Gasteiger partial charge >= 0.3 is 0 Å². The monoisotopic (exact) mass is 278 g/mol. The molecule has 0 radical (unpaired) electrons. The lowest BCUT2D eigenvalue weighted by molar-refractivity contribution is 0.0764. The van der Waals surface area contributed by atoms with Gasteiger partial charge in [0.2, 0.25) is 0 Å². The van der Waals surface area contributed by atoms with Gasteiger partial charge in [-0.05, 0) is 37.1 Å². The molecular formula is C15H22N2OS. The number of carbonyl (C=O) groups is 1. The minimum atomic E-state index is 0.135. The van der Waals surface area contributed by atoms with E-state index in [4.69, 9.17) is 5.73 Å². The van der Waals surface area contributed by atoms with E-state index in [1.807, 2.05) is 35.7 Å². The highest BCUT2D eigenvalue weighted by Crippen LogP contribution is 2.31. The number of nitrogens with two attached hydrogens (primary N) is 1. The summed E-state index contributed by atoms with van der Waals surface area (Å²) in [6.45, 7) is 8.11. The molecule has 0 aromatic heterocycles. The van der Waals surface area contributed by atoms with Crippen molar-refractivity contribution in [2.24, 2.45) is 0 Å². The second-order valence-electron chi connectivity index (χ2n) is 5.72. The summed E-state index contributed by atoms with van der Waals surface area (Å²) in [7, 11) is 0. The fraction of sp³-hybridized carbons (Fsp3) is 0.533. The lowest BCUT2D eigenvalue weighted by Gasteiger charge is -2.23. The highest BCUT2D eigenvalue weighted by molar-refractivity contribution is 8.00. The van der Waals surface area contributed by atoms with Crippen LogP contribution in [-0.2, 0) is 0 Å². The maximum absolute atomic E-state index is 12.6.